The second kappa shape index (κ2) is 7.31. The summed E-state index contributed by atoms with van der Waals surface area (Å²) in [6, 6.07) is 7.49. The van der Waals surface area contributed by atoms with Gasteiger partial charge in [0.2, 0.25) is 5.91 Å². The van der Waals surface area contributed by atoms with Gasteiger partial charge in [0, 0.05) is 42.8 Å². The smallest absolute Gasteiger partial charge is 0.258 e. The SMILES string of the molecule is CCC(=O)N1CC(Cc2cncc(N3CCc4cc(Cl)ccc4C3=O)c2)C1. The summed E-state index contributed by atoms with van der Waals surface area (Å²) in [7, 11) is 0. The second-order valence-corrected chi connectivity index (χ2v) is 7.72. The summed E-state index contributed by atoms with van der Waals surface area (Å²) in [4.78, 5) is 32.6. The molecule has 2 aliphatic rings. The Morgan fingerprint density at radius 2 is 2.07 bits per heavy atom. The van der Waals surface area contributed by atoms with E-state index in [0.717, 1.165) is 42.7 Å². The Kier molecular flexibility index (Phi) is 4.87. The number of anilines is 1. The number of nitrogens with zero attached hydrogens (tertiary/aromatic N) is 3. The number of amides is 2. The zero-order chi connectivity index (χ0) is 19.0. The number of aromatic nitrogens is 1. The van der Waals surface area contributed by atoms with Crippen molar-refractivity contribution in [2.75, 3.05) is 24.5 Å². The van der Waals surface area contributed by atoms with E-state index in [-0.39, 0.29) is 11.8 Å². The number of pyridine rings is 1. The van der Waals surface area contributed by atoms with E-state index in [0.29, 0.717) is 29.5 Å². The molecule has 3 heterocycles. The van der Waals surface area contributed by atoms with E-state index < -0.39 is 0 Å². The van der Waals surface area contributed by atoms with Gasteiger partial charge >= 0.3 is 0 Å². The minimum absolute atomic E-state index is 0.00442. The van der Waals surface area contributed by atoms with Crippen molar-refractivity contribution < 1.29 is 9.59 Å². The number of carbonyl (C=O) groups excluding carboxylic acids is 2. The molecular formula is C21H22ClN3O2. The molecule has 0 atom stereocenters. The molecule has 1 aromatic heterocycles. The van der Waals surface area contributed by atoms with Gasteiger partial charge in [0.15, 0.2) is 0 Å². The summed E-state index contributed by atoms with van der Waals surface area (Å²) in [6.07, 6.45) is 5.82. The van der Waals surface area contributed by atoms with Crippen LogP contribution in [0.25, 0.3) is 0 Å². The van der Waals surface area contributed by atoms with Crippen molar-refractivity contribution in [1.82, 2.24) is 9.88 Å². The third-order valence-corrected chi connectivity index (χ3v) is 5.61. The average molecular weight is 384 g/mol. The fraction of sp³-hybridized carbons (Fsp3) is 0.381. The lowest BCUT2D eigenvalue weighted by atomic mass is 9.92. The van der Waals surface area contributed by atoms with Crippen LogP contribution in [0.1, 0.15) is 34.8 Å². The minimum Gasteiger partial charge on any atom is -0.342 e. The highest BCUT2D eigenvalue weighted by Gasteiger charge is 2.30. The Morgan fingerprint density at radius 1 is 1.26 bits per heavy atom. The molecule has 2 amide bonds. The van der Waals surface area contributed by atoms with E-state index in [4.69, 9.17) is 11.6 Å². The van der Waals surface area contributed by atoms with Crippen LogP contribution in [-0.4, -0.2) is 41.3 Å². The molecule has 1 aromatic carbocycles. The maximum atomic E-state index is 12.9. The molecule has 1 saturated heterocycles. The number of halogens is 1. The number of benzene rings is 1. The Morgan fingerprint density at radius 3 is 2.85 bits per heavy atom. The third kappa shape index (κ3) is 3.56. The van der Waals surface area contributed by atoms with E-state index >= 15 is 0 Å². The summed E-state index contributed by atoms with van der Waals surface area (Å²) in [5, 5.41) is 0.662. The molecule has 5 nitrogen and oxygen atoms in total. The van der Waals surface area contributed by atoms with Crippen LogP contribution in [0, 0.1) is 5.92 Å². The number of fused-ring (bicyclic) bond motifs is 1. The van der Waals surface area contributed by atoms with E-state index in [1.165, 1.54) is 0 Å². The van der Waals surface area contributed by atoms with Gasteiger partial charge in [-0.15, -0.1) is 0 Å². The molecule has 0 saturated carbocycles. The monoisotopic (exact) mass is 383 g/mol. The van der Waals surface area contributed by atoms with Crippen LogP contribution in [0.3, 0.4) is 0 Å². The Hall–Kier alpha value is -2.40. The van der Waals surface area contributed by atoms with E-state index in [1.54, 1.807) is 23.2 Å². The molecule has 140 valence electrons. The molecule has 0 radical (unpaired) electrons. The zero-order valence-electron chi connectivity index (χ0n) is 15.3. The first-order valence-corrected chi connectivity index (χ1v) is 9.75. The van der Waals surface area contributed by atoms with E-state index in [1.807, 2.05) is 24.1 Å². The summed E-state index contributed by atoms with van der Waals surface area (Å²) in [6.45, 7) is 4.14. The maximum Gasteiger partial charge on any atom is 0.258 e. The first-order chi connectivity index (χ1) is 13.0. The molecule has 4 rings (SSSR count). The number of hydrogen-bond acceptors (Lipinski definition) is 3. The van der Waals surface area contributed by atoms with Gasteiger partial charge in [0.25, 0.3) is 5.91 Å². The predicted molar refractivity (Wildman–Crippen MR) is 105 cm³/mol. The molecule has 0 aliphatic carbocycles. The quantitative estimate of drug-likeness (QED) is 0.813. The van der Waals surface area contributed by atoms with Crippen LogP contribution in [0.2, 0.25) is 5.02 Å². The molecule has 2 aromatic rings. The van der Waals surface area contributed by atoms with Crippen LogP contribution < -0.4 is 4.90 Å². The normalized spacial score (nSPS) is 16.9. The van der Waals surface area contributed by atoms with Gasteiger partial charge in [-0.05, 0) is 54.2 Å². The van der Waals surface area contributed by atoms with Gasteiger partial charge in [-0.25, -0.2) is 0 Å². The number of rotatable bonds is 4. The molecule has 2 aliphatic heterocycles. The van der Waals surface area contributed by atoms with Crippen LogP contribution in [-0.2, 0) is 17.6 Å². The van der Waals surface area contributed by atoms with E-state index in [9.17, 15) is 9.59 Å². The summed E-state index contributed by atoms with van der Waals surface area (Å²) in [5.74, 6) is 0.684. The molecule has 0 bridgehead atoms. The zero-order valence-corrected chi connectivity index (χ0v) is 16.1. The molecule has 27 heavy (non-hydrogen) atoms. The standard InChI is InChI=1S/C21H22ClN3O2/c1-2-20(26)24-12-15(13-24)7-14-8-18(11-23-10-14)25-6-5-16-9-17(22)3-4-19(16)21(25)27/h3-4,8-11,15H,2,5-7,12-13H2,1H3. The number of hydrogen-bond donors (Lipinski definition) is 0. The lowest BCUT2D eigenvalue weighted by molar-refractivity contribution is -0.137. The predicted octanol–water partition coefficient (Wildman–Crippen LogP) is 3.35. The van der Waals surface area contributed by atoms with Gasteiger partial charge in [-0.3, -0.25) is 14.6 Å². The highest BCUT2D eigenvalue weighted by Crippen LogP contribution is 2.28. The van der Waals surface area contributed by atoms with Crippen LogP contribution in [0.15, 0.2) is 36.7 Å². The molecular weight excluding hydrogens is 362 g/mol. The number of carbonyl (C=O) groups is 2. The summed E-state index contributed by atoms with van der Waals surface area (Å²) >= 11 is 6.05. The van der Waals surface area contributed by atoms with Crippen LogP contribution in [0.4, 0.5) is 5.69 Å². The van der Waals surface area contributed by atoms with Crippen molar-refractivity contribution in [2.45, 2.75) is 26.2 Å². The fourth-order valence-electron chi connectivity index (χ4n) is 3.90. The summed E-state index contributed by atoms with van der Waals surface area (Å²) < 4.78 is 0. The largest absolute Gasteiger partial charge is 0.342 e. The highest BCUT2D eigenvalue weighted by atomic mass is 35.5. The Labute approximate surface area is 163 Å². The van der Waals surface area contributed by atoms with Crippen molar-refractivity contribution in [3.63, 3.8) is 0 Å². The first-order valence-electron chi connectivity index (χ1n) is 9.37. The first kappa shape index (κ1) is 18.0. The van der Waals surface area contributed by atoms with Crippen LogP contribution in [0.5, 0.6) is 0 Å². The van der Waals surface area contributed by atoms with Crippen molar-refractivity contribution in [1.29, 1.82) is 0 Å². The van der Waals surface area contributed by atoms with E-state index in [2.05, 4.69) is 11.1 Å². The fourth-order valence-corrected chi connectivity index (χ4v) is 4.09. The molecule has 0 unspecified atom stereocenters. The lowest BCUT2D eigenvalue weighted by Crippen LogP contribution is -2.50. The average Bonchev–Trinajstić information content (AvgIpc) is 2.64. The van der Waals surface area contributed by atoms with Crippen molar-refractivity contribution in [2.24, 2.45) is 5.92 Å². The van der Waals surface area contributed by atoms with Crippen molar-refractivity contribution in [3.05, 3.63) is 58.4 Å². The Balaban J connectivity index is 1.46. The topological polar surface area (TPSA) is 53.5 Å². The molecule has 0 N–H and O–H groups in total. The van der Waals surface area contributed by atoms with Crippen molar-refractivity contribution in [3.8, 4) is 0 Å². The second-order valence-electron chi connectivity index (χ2n) is 7.28. The van der Waals surface area contributed by atoms with Gasteiger partial charge in [0.1, 0.15) is 0 Å². The highest BCUT2D eigenvalue weighted by molar-refractivity contribution is 6.30. The summed E-state index contributed by atoms with van der Waals surface area (Å²) in [5.41, 5.74) is 3.65. The maximum absolute atomic E-state index is 12.9. The minimum atomic E-state index is -0.00442. The number of likely N-dealkylation sites (tertiary alicyclic amines) is 1. The molecule has 0 spiro atoms. The van der Waals surface area contributed by atoms with Gasteiger partial charge in [0.05, 0.1) is 11.9 Å². The van der Waals surface area contributed by atoms with Crippen LogP contribution >= 0.6 is 11.6 Å². The van der Waals surface area contributed by atoms with Gasteiger partial charge in [-0.2, -0.15) is 0 Å². The molecule has 1 fully saturated rings. The molecule has 6 heteroatoms. The van der Waals surface area contributed by atoms with Gasteiger partial charge in [-0.1, -0.05) is 18.5 Å². The lowest BCUT2D eigenvalue weighted by Gasteiger charge is -2.39. The third-order valence-electron chi connectivity index (χ3n) is 5.38. The van der Waals surface area contributed by atoms with Crippen molar-refractivity contribution >= 4 is 29.1 Å². The Bertz CT molecular complexity index is 893. The van der Waals surface area contributed by atoms with Gasteiger partial charge < -0.3 is 9.80 Å².